The van der Waals surface area contributed by atoms with Crippen LogP contribution in [0.15, 0.2) is 10.5 Å². The van der Waals surface area contributed by atoms with Gasteiger partial charge in [0.2, 0.25) is 0 Å². The van der Waals surface area contributed by atoms with Gasteiger partial charge in [0.1, 0.15) is 11.5 Å². The smallest absolute Gasteiger partial charge is 0.254 e. The summed E-state index contributed by atoms with van der Waals surface area (Å²) in [6.07, 6.45) is 2.10. The SMILES string of the molecule is Cc1cc(C(=O)NC[C@@](C)(O)C2CC2)c(C)o1. The highest BCUT2D eigenvalue weighted by Gasteiger charge is 2.40. The van der Waals surface area contributed by atoms with E-state index in [4.69, 9.17) is 4.42 Å². The first kappa shape index (κ1) is 12.2. The molecule has 1 saturated carbocycles. The summed E-state index contributed by atoms with van der Waals surface area (Å²) in [6, 6.07) is 1.72. The van der Waals surface area contributed by atoms with Gasteiger partial charge in [-0.25, -0.2) is 0 Å². The van der Waals surface area contributed by atoms with Crippen LogP contribution in [0, 0.1) is 19.8 Å². The average molecular weight is 237 g/mol. The number of carbonyl (C=O) groups is 1. The zero-order valence-corrected chi connectivity index (χ0v) is 10.5. The minimum absolute atomic E-state index is 0.180. The van der Waals surface area contributed by atoms with Gasteiger partial charge in [-0.3, -0.25) is 4.79 Å². The molecular formula is C13H19NO3. The molecule has 1 heterocycles. The second-order valence-electron chi connectivity index (χ2n) is 5.14. The van der Waals surface area contributed by atoms with Crippen LogP contribution in [0.1, 0.15) is 41.6 Å². The van der Waals surface area contributed by atoms with Gasteiger partial charge in [0.05, 0.1) is 11.2 Å². The molecule has 0 bridgehead atoms. The van der Waals surface area contributed by atoms with E-state index in [1.807, 2.05) is 6.92 Å². The van der Waals surface area contributed by atoms with Crippen LogP contribution in [0.2, 0.25) is 0 Å². The number of aryl methyl sites for hydroxylation is 2. The van der Waals surface area contributed by atoms with Crippen molar-refractivity contribution in [2.45, 2.75) is 39.2 Å². The predicted molar refractivity (Wildman–Crippen MR) is 63.9 cm³/mol. The first-order valence-electron chi connectivity index (χ1n) is 5.98. The molecule has 1 fully saturated rings. The van der Waals surface area contributed by atoms with E-state index in [1.165, 1.54) is 0 Å². The maximum atomic E-state index is 11.9. The number of amides is 1. The molecule has 0 spiro atoms. The molecule has 4 nitrogen and oxygen atoms in total. The predicted octanol–water partition coefficient (Wildman–Crippen LogP) is 1.79. The lowest BCUT2D eigenvalue weighted by atomic mass is 10.0. The van der Waals surface area contributed by atoms with E-state index >= 15 is 0 Å². The summed E-state index contributed by atoms with van der Waals surface area (Å²) in [5.74, 6) is 1.49. The van der Waals surface area contributed by atoms with E-state index in [2.05, 4.69) is 5.32 Å². The molecule has 2 N–H and O–H groups in total. The third-order valence-corrected chi connectivity index (χ3v) is 3.35. The highest BCUT2D eigenvalue weighted by Crippen LogP contribution is 2.39. The lowest BCUT2D eigenvalue weighted by molar-refractivity contribution is 0.0354. The third-order valence-electron chi connectivity index (χ3n) is 3.35. The molecule has 1 aromatic heterocycles. The maximum absolute atomic E-state index is 11.9. The first-order valence-corrected chi connectivity index (χ1v) is 5.98. The van der Waals surface area contributed by atoms with Gasteiger partial charge < -0.3 is 14.8 Å². The van der Waals surface area contributed by atoms with Gasteiger partial charge in [-0.15, -0.1) is 0 Å². The van der Waals surface area contributed by atoms with Crippen LogP contribution in [-0.2, 0) is 0 Å². The third kappa shape index (κ3) is 2.69. The van der Waals surface area contributed by atoms with Gasteiger partial charge in [0.25, 0.3) is 5.91 Å². The molecule has 1 aromatic rings. The van der Waals surface area contributed by atoms with Crippen LogP contribution in [0.5, 0.6) is 0 Å². The van der Waals surface area contributed by atoms with Crippen molar-refractivity contribution >= 4 is 5.91 Å². The van der Waals surface area contributed by atoms with E-state index in [0.717, 1.165) is 18.6 Å². The quantitative estimate of drug-likeness (QED) is 0.839. The zero-order chi connectivity index (χ0) is 12.6. The van der Waals surface area contributed by atoms with Crippen LogP contribution < -0.4 is 5.32 Å². The Hall–Kier alpha value is -1.29. The Morgan fingerprint density at radius 2 is 2.24 bits per heavy atom. The summed E-state index contributed by atoms with van der Waals surface area (Å²) < 4.78 is 5.30. The average Bonchev–Trinajstić information content (AvgIpc) is 3.02. The number of nitrogens with one attached hydrogen (secondary N) is 1. The Morgan fingerprint density at radius 1 is 1.59 bits per heavy atom. The molecule has 0 aliphatic heterocycles. The molecule has 0 radical (unpaired) electrons. The normalized spacial score (nSPS) is 18.8. The van der Waals surface area contributed by atoms with E-state index in [1.54, 1.807) is 19.9 Å². The lowest BCUT2D eigenvalue weighted by Crippen LogP contribution is -2.42. The van der Waals surface area contributed by atoms with Crippen molar-refractivity contribution in [3.8, 4) is 0 Å². The molecule has 17 heavy (non-hydrogen) atoms. The second-order valence-corrected chi connectivity index (χ2v) is 5.14. The topological polar surface area (TPSA) is 62.5 Å². The Labute approximate surface area is 101 Å². The number of carbonyl (C=O) groups excluding carboxylic acids is 1. The van der Waals surface area contributed by atoms with Crippen molar-refractivity contribution in [1.29, 1.82) is 0 Å². The minimum atomic E-state index is -0.789. The fourth-order valence-electron chi connectivity index (χ4n) is 2.06. The highest BCUT2D eigenvalue weighted by molar-refractivity contribution is 5.95. The minimum Gasteiger partial charge on any atom is -0.466 e. The van der Waals surface area contributed by atoms with Crippen molar-refractivity contribution in [3.05, 3.63) is 23.2 Å². The molecule has 94 valence electrons. The van der Waals surface area contributed by atoms with Gasteiger partial charge in [0.15, 0.2) is 0 Å². The fraction of sp³-hybridized carbons (Fsp3) is 0.615. The van der Waals surface area contributed by atoms with Crippen molar-refractivity contribution in [3.63, 3.8) is 0 Å². The Morgan fingerprint density at radius 3 is 2.71 bits per heavy atom. The summed E-state index contributed by atoms with van der Waals surface area (Å²) in [7, 11) is 0. The number of hydrogen-bond donors (Lipinski definition) is 2. The van der Waals surface area contributed by atoms with Crippen molar-refractivity contribution in [2.24, 2.45) is 5.92 Å². The molecule has 1 aliphatic carbocycles. The molecule has 0 saturated heterocycles. The molecule has 4 heteroatoms. The van der Waals surface area contributed by atoms with E-state index in [0.29, 0.717) is 23.8 Å². The molecule has 1 amide bonds. The number of furan rings is 1. The Kier molecular flexibility index (Phi) is 3.00. The summed E-state index contributed by atoms with van der Waals surface area (Å²) in [4.78, 5) is 11.9. The lowest BCUT2D eigenvalue weighted by Gasteiger charge is -2.23. The molecular weight excluding hydrogens is 218 g/mol. The number of rotatable bonds is 4. The Bertz CT molecular complexity index is 430. The molecule has 0 aromatic carbocycles. The van der Waals surface area contributed by atoms with Gasteiger partial charge in [-0.05, 0) is 45.6 Å². The second kappa shape index (κ2) is 4.18. The van der Waals surface area contributed by atoms with E-state index in [9.17, 15) is 9.90 Å². The van der Waals surface area contributed by atoms with E-state index < -0.39 is 5.60 Å². The summed E-state index contributed by atoms with van der Waals surface area (Å²) >= 11 is 0. The van der Waals surface area contributed by atoms with Crippen molar-refractivity contribution < 1.29 is 14.3 Å². The molecule has 2 rings (SSSR count). The fourth-order valence-corrected chi connectivity index (χ4v) is 2.06. The van der Waals surface area contributed by atoms with E-state index in [-0.39, 0.29) is 5.91 Å². The highest BCUT2D eigenvalue weighted by atomic mass is 16.3. The summed E-state index contributed by atoms with van der Waals surface area (Å²) in [5.41, 5.74) is -0.239. The van der Waals surface area contributed by atoms with Crippen LogP contribution in [0.25, 0.3) is 0 Å². The van der Waals surface area contributed by atoms with Crippen molar-refractivity contribution in [2.75, 3.05) is 6.54 Å². The molecule has 1 aliphatic rings. The zero-order valence-electron chi connectivity index (χ0n) is 10.5. The monoisotopic (exact) mass is 237 g/mol. The molecule has 1 atom stereocenters. The standard InChI is InChI=1S/C13H19NO3/c1-8-6-11(9(2)17-8)12(15)14-7-13(3,16)10-4-5-10/h6,10,16H,4-5,7H2,1-3H3,(H,14,15)/t13-/m1/s1. The number of hydrogen-bond acceptors (Lipinski definition) is 3. The van der Waals surface area contributed by atoms with Crippen LogP contribution in [-0.4, -0.2) is 23.2 Å². The largest absolute Gasteiger partial charge is 0.466 e. The van der Waals surface area contributed by atoms with Crippen LogP contribution in [0.3, 0.4) is 0 Å². The van der Waals surface area contributed by atoms with Gasteiger partial charge in [-0.1, -0.05) is 0 Å². The van der Waals surface area contributed by atoms with Crippen LogP contribution >= 0.6 is 0 Å². The molecule has 0 unspecified atom stereocenters. The van der Waals surface area contributed by atoms with Gasteiger partial charge in [0, 0.05) is 6.54 Å². The van der Waals surface area contributed by atoms with Crippen molar-refractivity contribution in [1.82, 2.24) is 5.32 Å². The summed E-state index contributed by atoms with van der Waals surface area (Å²) in [5, 5.41) is 12.9. The maximum Gasteiger partial charge on any atom is 0.254 e. The Balaban J connectivity index is 1.95. The van der Waals surface area contributed by atoms with Crippen LogP contribution in [0.4, 0.5) is 0 Å². The first-order chi connectivity index (χ1) is 7.90. The summed E-state index contributed by atoms with van der Waals surface area (Å²) in [6.45, 7) is 5.64. The number of aliphatic hydroxyl groups is 1. The van der Waals surface area contributed by atoms with Gasteiger partial charge >= 0.3 is 0 Å². The van der Waals surface area contributed by atoms with Gasteiger partial charge in [-0.2, -0.15) is 0 Å².